The molecular formula is C28H42O5. The maximum absolute atomic E-state index is 12.5. The van der Waals surface area contributed by atoms with Crippen molar-refractivity contribution in [2.45, 2.75) is 96.5 Å². The van der Waals surface area contributed by atoms with Crippen molar-refractivity contribution >= 4 is 11.9 Å². The molecule has 33 heavy (non-hydrogen) atoms. The van der Waals surface area contributed by atoms with E-state index < -0.39 is 0 Å². The first kappa shape index (κ1) is 26.9. The van der Waals surface area contributed by atoms with Gasteiger partial charge in [-0.25, -0.2) is 9.59 Å². The molecule has 0 atom stereocenters. The summed E-state index contributed by atoms with van der Waals surface area (Å²) in [5.74, 6) is 0.967. The molecule has 0 saturated heterocycles. The van der Waals surface area contributed by atoms with Crippen molar-refractivity contribution in [3.63, 3.8) is 0 Å². The quantitative estimate of drug-likeness (QED) is 0.151. The van der Waals surface area contributed by atoms with Gasteiger partial charge in [-0.05, 0) is 81.5 Å². The molecule has 1 saturated carbocycles. The number of esters is 2. The Hall–Kier alpha value is -2.30. The van der Waals surface area contributed by atoms with Crippen molar-refractivity contribution in [1.29, 1.82) is 0 Å². The van der Waals surface area contributed by atoms with Crippen molar-refractivity contribution < 1.29 is 23.8 Å². The second-order valence-corrected chi connectivity index (χ2v) is 9.06. The van der Waals surface area contributed by atoms with Gasteiger partial charge in [0.1, 0.15) is 11.9 Å². The summed E-state index contributed by atoms with van der Waals surface area (Å²) in [6, 6.07) is 7.23. The van der Waals surface area contributed by atoms with Crippen LogP contribution in [0.25, 0.3) is 0 Å². The second-order valence-electron chi connectivity index (χ2n) is 9.06. The van der Waals surface area contributed by atoms with Gasteiger partial charge in [0.2, 0.25) is 0 Å². The first-order valence-electron chi connectivity index (χ1n) is 12.9. The summed E-state index contributed by atoms with van der Waals surface area (Å²) in [5.41, 5.74) is 0.582. The average Bonchev–Trinajstić information content (AvgIpc) is 2.84. The van der Waals surface area contributed by atoms with Crippen LogP contribution in [0.15, 0.2) is 36.9 Å². The minimum absolute atomic E-state index is 0.0561. The first-order valence-corrected chi connectivity index (χ1v) is 12.9. The Balaban J connectivity index is 1.56. The lowest BCUT2D eigenvalue weighted by molar-refractivity contribution is -0.137. The van der Waals surface area contributed by atoms with Gasteiger partial charge in [-0.2, -0.15) is 0 Å². The number of rotatable bonds is 16. The van der Waals surface area contributed by atoms with Gasteiger partial charge in [0, 0.05) is 6.08 Å². The monoisotopic (exact) mass is 458 g/mol. The number of ether oxygens (including phenoxy) is 3. The van der Waals surface area contributed by atoms with Crippen LogP contribution in [0.4, 0.5) is 0 Å². The SMILES string of the molecule is C=CC(=O)OCCCCCCOc1ccc(C(=O)OC2CCC(CCCCCC)CC2)cc1. The van der Waals surface area contributed by atoms with Crippen LogP contribution in [-0.4, -0.2) is 31.3 Å². The molecule has 2 rings (SSSR count). The van der Waals surface area contributed by atoms with Crippen LogP contribution >= 0.6 is 0 Å². The number of carbonyl (C=O) groups excluding carboxylic acids is 2. The van der Waals surface area contributed by atoms with E-state index in [0.717, 1.165) is 50.2 Å². The molecule has 0 amide bonds. The van der Waals surface area contributed by atoms with Gasteiger partial charge in [-0.15, -0.1) is 0 Å². The molecule has 1 aromatic rings. The number of hydrogen-bond donors (Lipinski definition) is 0. The third kappa shape index (κ3) is 11.4. The predicted molar refractivity (Wildman–Crippen MR) is 131 cm³/mol. The Bertz CT molecular complexity index is 689. The fourth-order valence-electron chi connectivity index (χ4n) is 4.28. The highest BCUT2D eigenvalue weighted by Gasteiger charge is 2.24. The van der Waals surface area contributed by atoms with Gasteiger partial charge in [-0.3, -0.25) is 0 Å². The van der Waals surface area contributed by atoms with Crippen LogP contribution < -0.4 is 4.74 Å². The van der Waals surface area contributed by atoms with E-state index in [1.54, 1.807) is 12.1 Å². The van der Waals surface area contributed by atoms with E-state index in [4.69, 9.17) is 14.2 Å². The van der Waals surface area contributed by atoms with Gasteiger partial charge < -0.3 is 14.2 Å². The summed E-state index contributed by atoms with van der Waals surface area (Å²) < 4.78 is 16.5. The molecule has 0 N–H and O–H groups in total. The molecule has 0 heterocycles. The summed E-state index contributed by atoms with van der Waals surface area (Å²) in [4.78, 5) is 23.4. The molecule has 1 aliphatic rings. The molecular weight excluding hydrogens is 416 g/mol. The van der Waals surface area contributed by atoms with E-state index in [1.807, 2.05) is 12.1 Å². The molecule has 5 heteroatoms. The largest absolute Gasteiger partial charge is 0.494 e. The summed E-state index contributed by atoms with van der Waals surface area (Å²) in [6.07, 6.45) is 16.0. The van der Waals surface area contributed by atoms with Crippen molar-refractivity contribution in [1.82, 2.24) is 0 Å². The van der Waals surface area contributed by atoms with Gasteiger partial charge >= 0.3 is 11.9 Å². The minimum atomic E-state index is -0.369. The Morgan fingerprint density at radius 1 is 0.909 bits per heavy atom. The third-order valence-electron chi connectivity index (χ3n) is 6.34. The predicted octanol–water partition coefficient (Wildman–Crippen LogP) is 7.04. The van der Waals surface area contributed by atoms with E-state index in [0.29, 0.717) is 18.8 Å². The fraction of sp³-hybridized carbons (Fsp3) is 0.643. The van der Waals surface area contributed by atoms with Crippen LogP contribution in [0, 0.1) is 5.92 Å². The van der Waals surface area contributed by atoms with Crippen molar-refractivity contribution in [3.05, 3.63) is 42.5 Å². The number of carbonyl (C=O) groups is 2. The molecule has 1 fully saturated rings. The smallest absolute Gasteiger partial charge is 0.338 e. The summed E-state index contributed by atoms with van der Waals surface area (Å²) in [5, 5.41) is 0. The highest BCUT2D eigenvalue weighted by molar-refractivity contribution is 5.89. The molecule has 5 nitrogen and oxygen atoms in total. The molecule has 0 unspecified atom stereocenters. The highest BCUT2D eigenvalue weighted by atomic mass is 16.5. The van der Waals surface area contributed by atoms with Crippen molar-refractivity contribution in [2.75, 3.05) is 13.2 Å². The molecule has 0 aliphatic heterocycles. The van der Waals surface area contributed by atoms with Gasteiger partial charge in [0.15, 0.2) is 0 Å². The summed E-state index contributed by atoms with van der Waals surface area (Å²) in [6.45, 7) is 6.67. The Labute approximate surface area is 199 Å². The number of hydrogen-bond acceptors (Lipinski definition) is 5. The standard InChI is InChI=1S/C28H42O5/c1-3-5-6-9-12-23-13-17-26(18-14-23)33-28(30)24-15-19-25(20-16-24)31-21-10-7-8-11-22-32-27(29)4-2/h4,15-16,19-20,23,26H,2-3,5-14,17-18,21-22H2,1H3. The van der Waals surface area contributed by atoms with E-state index in [2.05, 4.69) is 13.5 Å². The zero-order valence-corrected chi connectivity index (χ0v) is 20.4. The Morgan fingerprint density at radius 3 is 2.24 bits per heavy atom. The number of benzene rings is 1. The molecule has 1 aliphatic carbocycles. The minimum Gasteiger partial charge on any atom is -0.494 e. The van der Waals surface area contributed by atoms with Crippen LogP contribution in [0.2, 0.25) is 0 Å². The van der Waals surface area contributed by atoms with Gasteiger partial charge in [0.05, 0.1) is 18.8 Å². The zero-order chi connectivity index (χ0) is 23.7. The van der Waals surface area contributed by atoms with Crippen LogP contribution in [0.5, 0.6) is 5.75 Å². The first-order chi connectivity index (χ1) is 16.1. The maximum atomic E-state index is 12.5. The zero-order valence-electron chi connectivity index (χ0n) is 20.4. The normalized spacial score (nSPS) is 17.8. The second kappa shape index (κ2) is 16.3. The maximum Gasteiger partial charge on any atom is 0.338 e. The lowest BCUT2D eigenvalue weighted by Crippen LogP contribution is -2.24. The van der Waals surface area contributed by atoms with E-state index in [1.165, 1.54) is 51.0 Å². The third-order valence-corrected chi connectivity index (χ3v) is 6.34. The van der Waals surface area contributed by atoms with Crippen LogP contribution in [0.3, 0.4) is 0 Å². The van der Waals surface area contributed by atoms with Gasteiger partial charge in [-0.1, -0.05) is 45.6 Å². The van der Waals surface area contributed by atoms with E-state index in [9.17, 15) is 9.59 Å². The summed E-state index contributed by atoms with van der Waals surface area (Å²) in [7, 11) is 0. The van der Waals surface area contributed by atoms with Crippen molar-refractivity contribution in [2.24, 2.45) is 5.92 Å². The molecule has 184 valence electrons. The molecule has 1 aromatic carbocycles. The lowest BCUT2D eigenvalue weighted by Gasteiger charge is -2.28. The summed E-state index contributed by atoms with van der Waals surface area (Å²) >= 11 is 0. The van der Waals surface area contributed by atoms with E-state index >= 15 is 0 Å². The molecule has 0 spiro atoms. The van der Waals surface area contributed by atoms with Crippen LogP contribution in [0.1, 0.15) is 101 Å². The Kier molecular flexibility index (Phi) is 13.3. The van der Waals surface area contributed by atoms with Crippen molar-refractivity contribution in [3.8, 4) is 5.75 Å². The topological polar surface area (TPSA) is 61.8 Å². The lowest BCUT2D eigenvalue weighted by atomic mass is 9.84. The van der Waals surface area contributed by atoms with E-state index in [-0.39, 0.29) is 18.0 Å². The fourth-order valence-corrected chi connectivity index (χ4v) is 4.28. The molecule has 0 radical (unpaired) electrons. The number of unbranched alkanes of at least 4 members (excludes halogenated alkanes) is 6. The van der Waals surface area contributed by atoms with Gasteiger partial charge in [0.25, 0.3) is 0 Å². The molecule has 0 aromatic heterocycles. The molecule has 0 bridgehead atoms. The Morgan fingerprint density at radius 2 is 1.58 bits per heavy atom. The average molecular weight is 459 g/mol. The van der Waals surface area contributed by atoms with Crippen LogP contribution in [-0.2, 0) is 14.3 Å². The highest BCUT2D eigenvalue weighted by Crippen LogP contribution is 2.30.